The lowest BCUT2D eigenvalue weighted by molar-refractivity contribution is 0.386. The monoisotopic (exact) mass is 247 g/mol. The highest BCUT2D eigenvalue weighted by Crippen LogP contribution is 2.25. The molecule has 1 unspecified atom stereocenters. The number of nitrogens with one attached hydrogen (secondary N) is 1. The van der Waals surface area contributed by atoms with Crippen molar-refractivity contribution in [3.05, 3.63) is 48.2 Å². The molecule has 0 aliphatic carbocycles. The predicted molar refractivity (Wildman–Crippen MR) is 67.9 cm³/mol. The van der Waals surface area contributed by atoms with Crippen molar-refractivity contribution in [2.45, 2.75) is 18.9 Å². The molecule has 0 saturated heterocycles. The minimum absolute atomic E-state index is 0.0637. The summed E-state index contributed by atoms with van der Waals surface area (Å²) in [6.07, 6.45) is 4.98. The number of nitrogens with zero attached hydrogens (tertiary/aromatic N) is 1. The lowest BCUT2D eigenvalue weighted by atomic mass is 10.1. The second-order valence-electron chi connectivity index (χ2n) is 3.93. The number of rotatable bonds is 6. The van der Waals surface area contributed by atoms with Crippen LogP contribution in [-0.2, 0) is 6.42 Å². The van der Waals surface area contributed by atoms with Gasteiger partial charge in [0, 0.05) is 12.6 Å². The molecule has 3 N–H and O–H groups in total. The van der Waals surface area contributed by atoms with Crippen molar-refractivity contribution in [2.24, 2.45) is 5.84 Å². The van der Waals surface area contributed by atoms with Crippen molar-refractivity contribution >= 4 is 0 Å². The van der Waals surface area contributed by atoms with Crippen LogP contribution in [0.15, 0.2) is 41.1 Å². The van der Waals surface area contributed by atoms with E-state index in [9.17, 15) is 0 Å². The average Bonchev–Trinajstić information content (AvgIpc) is 2.93. The number of nitrogens with two attached hydrogens (primary N) is 1. The fourth-order valence-corrected chi connectivity index (χ4v) is 1.88. The number of hydrazine groups is 1. The van der Waals surface area contributed by atoms with Crippen LogP contribution in [0.4, 0.5) is 0 Å². The summed E-state index contributed by atoms with van der Waals surface area (Å²) in [5.41, 5.74) is 3.59. The van der Waals surface area contributed by atoms with Gasteiger partial charge in [0.15, 0.2) is 0 Å². The Kier molecular flexibility index (Phi) is 4.33. The largest absolute Gasteiger partial charge is 0.495 e. The number of hydrogen-bond donors (Lipinski definition) is 2. The zero-order valence-corrected chi connectivity index (χ0v) is 10.3. The molecule has 0 aromatic carbocycles. The van der Waals surface area contributed by atoms with Crippen LogP contribution >= 0.6 is 0 Å². The number of methoxy groups -OCH3 is 1. The zero-order valence-electron chi connectivity index (χ0n) is 10.3. The number of aromatic nitrogens is 1. The summed E-state index contributed by atoms with van der Waals surface area (Å²) in [5.74, 6) is 7.26. The molecule has 5 nitrogen and oxygen atoms in total. The summed E-state index contributed by atoms with van der Waals surface area (Å²) in [7, 11) is 1.63. The van der Waals surface area contributed by atoms with Crippen molar-refractivity contribution in [1.82, 2.24) is 10.4 Å². The molecule has 0 saturated carbocycles. The van der Waals surface area contributed by atoms with E-state index in [4.69, 9.17) is 15.0 Å². The third-order valence-corrected chi connectivity index (χ3v) is 2.81. The molecular weight excluding hydrogens is 230 g/mol. The first-order chi connectivity index (χ1) is 8.85. The van der Waals surface area contributed by atoms with Gasteiger partial charge in [-0.05, 0) is 30.7 Å². The molecule has 0 aliphatic heterocycles. The normalized spacial score (nSPS) is 12.3. The van der Waals surface area contributed by atoms with Gasteiger partial charge in [-0.3, -0.25) is 16.3 Å². The SMILES string of the molecule is COc1cccnc1C(CCc1ccco1)NN. The Morgan fingerprint density at radius 3 is 3.00 bits per heavy atom. The fourth-order valence-electron chi connectivity index (χ4n) is 1.88. The maximum absolute atomic E-state index is 5.59. The molecule has 2 heterocycles. The summed E-state index contributed by atoms with van der Waals surface area (Å²) in [4.78, 5) is 4.32. The Morgan fingerprint density at radius 2 is 2.33 bits per heavy atom. The van der Waals surface area contributed by atoms with Gasteiger partial charge >= 0.3 is 0 Å². The van der Waals surface area contributed by atoms with Gasteiger partial charge in [-0.2, -0.15) is 0 Å². The first-order valence-electron chi connectivity index (χ1n) is 5.82. The van der Waals surface area contributed by atoms with Crippen LogP contribution < -0.4 is 16.0 Å². The molecule has 5 heteroatoms. The number of hydrogen-bond acceptors (Lipinski definition) is 5. The van der Waals surface area contributed by atoms with Gasteiger partial charge in [0.2, 0.25) is 0 Å². The van der Waals surface area contributed by atoms with E-state index in [0.29, 0.717) is 0 Å². The first kappa shape index (κ1) is 12.6. The molecule has 0 bridgehead atoms. The Balaban J connectivity index is 2.08. The maximum atomic E-state index is 5.59. The van der Waals surface area contributed by atoms with Crippen molar-refractivity contribution in [2.75, 3.05) is 7.11 Å². The summed E-state index contributed by atoms with van der Waals surface area (Å²) < 4.78 is 10.6. The molecule has 0 spiro atoms. The van der Waals surface area contributed by atoms with Crippen LogP contribution in [-0.4, -0.2) is 12.1 Å². The van der Waals surface area contributed by atoms with Crippen molar-refractivity contribution in [3.8, 4) is 5.75 Å². The van der Waals surface area contributed by atoms with Crippen LogP contribution in [0.25, 0.3) is 0 Å². The average molecular weight is 247 g/mol. The van der Waals surface area contributed by atoms with E-state index in [1.807, 2.05) is 24.3 Å². The third kappa shape index (κ3) is 2.88. The highest BCUT2D eigenvalue weighted by Gasteiger charge is 2.16. The molecule has 1 atom stereocenters. The minimum Gasteiger partial charge on any atom is -0.495 e. The van der Waals surface area contributed by atoms with Crippen LogP contribution in [0.3, 0.4) is 0 Å². The minimum atomic E-state index is -0.0637. The number of pyridine rings is 1. The Hall–Kier alpha value is -1.85. The van der Waals surface area contributed by atoms with E-state index in [-0.39, 0.29) is 6.04 Å². The predicted octanol–water partition coefficient (Wildman–Crippen LogP) is 1.82. The molecule has 18 heavy (non-hydrogen) atoms. The number of aryl methyl sites for hydroxylation is 1. The van der Waals surface area contributed by atoms with Crippen molar-refractivity contribution < 1.29 is 9.15 Å². The molecule has 0 radical (unpaired) electrons. The van der Waals surface area contributed by atoms with Crippen molar-refractivity contribution in [3.63, 3.8) is 0 Å². The van der Waals surface area contributed by atoms with Crippen LogP contribution in [0.2, 0.25) is 0 Å². The summed E-state index contributed by atoms with van der Waals surface area (Å²) >= 11 is 0. The highest BCUT2D eigenvalue weighted by molar-refractivity contribution is 5.29. The standard InChI is InChI=1S/C13H17N3O2/c1-17-12-5-2-8-15-13(12)11(16-14)7-6-10-4-3-9-18-10/h2-5,8-9,11,16H,6-7,14H2,1H3. The lowest BCUT2D eigenvalue weighted by Gasteiger charge is -2.17. The van der Waals surface area contributed by atoms with Gasteiger partial charge < -0.3 is 9.15 Å². The van der Waals surface area contributed by atoms with Gasteiger partial charge in [-0.25, -0.2) is 0 Å². The topological polar surface area (TPSA) is 73.3 Å². The Bertz CT molecular complexity index is 471. The molecule has 2 aromatic heterocycles. The second kappa shape index (κ2) is 6.18. The maximum Gasteiger partial charge on any atom is 0.142 e. The molecule has 0 fully saturated rings. The fraction of sp³-hybridized carbons (Fsp3) is 0.308. The van der Waals surface area contributed by atoms with Gasteiger partial charge in [0.25, 0.3) is 0 Å². The van der Waals surface area contributed by atoms with Crippen molar-refractivity contribution in [1.29, 1.82) is 0 Å². The Labute approximate surface area is 106 Å². The van der Waals surface area contributed by atoms with E-state index >= 15 is 0 Å². The van der Waals surface area contributed by atoms with Gasteiger partial charge in [0.05, 0.1) is 19.4 Å². The summed E-state index contributed by atoms with van der Waals surface area (Å²) in [6, 6.07) is 7.47. The van der Waals surface area contributed by atoms with E-state index < -0.39 is 0 Å². The molecule has 0 aliphatic rings. The van der Waals surface area contributed by atoms with Gasteiger partial charge in [-0.15, -0.1) is 0 Å². The van der Waals surface area contributed by atoms with E-state index in [1.54, 1.807) is 19.6 Å². The Morgan fingerprint density at radius 1 is 1.44 bits per heavy atom. The smallest absolute Gasteiger partial charge is 0.142 e. The van der Waals surface area contributed by atoms with Crippen LogP contribution in [0, 0.1) is 0 Å². The lowest BCUT2D eigenvalue weighted by Crippen LogP contribution is -2.29. The molecule has 2 rings (SSSR count). The summed E-state index contributed by atoms with van der Waals surface area (Å²) in [6.45, 7) is 0. The molecular formula is C13H17N3O2. The molecule has 0 amide bonds. The molecule has 2 aromatic rings. The highest BCUT2D eigenvalue weighted by atomic mass is 16.5. The van der Waals surface area contributed by atoms with Gasteiger partial charge in [-0.1, -0.05) is 0 Å². The van der Waals surface area contributed by atoms with E-state index in [2.05, 4.69) is 10.4 Å². The quantitative estimate of drug-likeness (QED) is 0.601. The van der Waals surface area contributed by atoms with Gasteiger partial charge in [0.1, 0.15) is 17.2 Å². The molecule has 96 valence electrons. The van der Waals surface area contributed by atoms with E-state index in [0.717, 1.165) is 30.0 Å². The third-order valence-electron chi connectivity index (χ3n) is 2.81. The summed E-state index contributed by atoms with van der Waals surface area (Å²) in [5, 5.41) is 0. The van der Waals surface area contributed by atoms with Crippen LogP contribution in [0.1, 0.15) is 23.9 Å². The first-order valence-corrected chi connectivity index (χ1v) is 5.82. The van der Waals surface area contributed by atoms with E-state index in [1.165, 1.54) is 0 Å². The van der Waals surface area contributed by atoms with Crippen LogP contribution in [0.5, 0.6) is 5.75 Å². The second-order valence-corrected chi connectivity index (χ2v) is 3.93. The number of furan rings is 1. The zero-order chi connectivity index (χ0) is 12.8. The number of ether oxygens (including phenoxy) is 1.